The molecule has 9 fully saturated rings. The predicted molar refractivity (Wildman–Crippen MR) is 446 cm³/mol. The number of fused-ring (bicyclic) bond motifs is 14. The van der Waals surface area contributed by atoms with E-state index in [-0.39, 0.29) is 46.2 Å². The first-order valence-electron chi connectivity index (χ1n) is 43.6. The summed E-state index contributed by atoms with van der Waals surface area (Å²) in [6, 6.07) is 38.8. The molecule has 8 unspecified atom stereocenters. The summed E-state index contributed by atoms with van der Waals surface area (Å²) in [5.41, 5.74) is 16.8. The second-order valence-electron chi connectivity index (χ2n) is 36.9. The third-order valence-corrected chi connectivity index (χ3v) is 30.5. The van der Waals surface area contributed by atoms with Crippen LogP contribution < -0.4 is 20.4 Å². The summed E-state index contributed by atoms with van der Waals surface area (Å²) in [4.78, 5) is 80.5. The molecular formula is C95H124N10O7. The van der Waals surface area contributed by atoms with E-state index in [4.69, 9.17) is 9.47 Å². The first-order chi connectivity index (χ1) is 54.3. The number of nitrogens with zero attached hydrogens (tertiary/aromatic N) is 8. The Hall–Kier alpha value is -7.83. The van der Waals surface area contributed by atoms with E-state index in [0.29, 0.717) is 42.8 Å². The Morgan fingerprint density at radius 3 is 1.54 bits per heavy atom. The molecule has 112 heavy (non-hydrogen) atoms. The number of benzene rings is 5. The number of ether oxygens (including phenoxy) is 2. The zero-order valence-corrected chi connectivity index (χ0v) is 68.1. The molecule has 4 spiro atoms. The van der Waals surface area contributed by atoms with Gasteiger partial charge in [-0.2, -0.15) is 0 Å². The van der Waals surface area contributed by atoms with Crippen molar-refractivity contribution < 1.29 is 33.4 Å². The minimum atomic E-state index is -0.262. The maximum absolute atomic E-state index is 12.6. The average Bonchev–Trinajstić information content (AvgIpc) is 1.59. The largest absolute Gasteiger partial charge is 0.450 e. The zero-order valence-electron chi connectivity index (χ0n) is 68.1. The third kappa shape index (κ3) is 14.9. The Balaban J connectivity index is 0.000000110. The Morgan fingerprint density at radius 1 is 0.455 bits per heavy atom. The molecule has 0 radical (unpaired) electrons. The van der Waals surface area contributed by atoms with E-state index in [9.17, 15) is 24.0 Å². The van der Waals surface area contributed by atoms with Crippen molar-refractivity contribution in [1.29, 1.82) is 0 Å². The monoisotopic (exact) mass is 1520 g/mol. The van der Waals surface area contributed by atoms with Gasteiger partial charge in [0.1, 0.15) is 0 Å². The molecule has 2 N–H and O–H groups in total. The summed E-state index contributed by atoms with van der Waals surface area (Å²) >= 11 is 0. The van der Waals surface area contributed by atoms with E-state index in [1.165, 1.54) is 115 Å². The molecule has 5 aromatic rings. The van der Waals surface area contributed by atoms with Crippen LogP contribution in [0.1, 0.15) is 182 Å². The van der Waals surface area contributed by atoms with E-state index in [1.807, 2.05) is 45.6 Å². The van der Waals surface area contributed by atoms with Crippen molar-refractivity contribution in [3.8, 4) is 11.1 Å². The maximum Gasteiger partial charge on any atom is 0.410 e. The van der Waals surface area contributed by atoms with Gasteiger partial charge >= 0.3 is 12.2 Å². The summed E-state index contributed by atoms with van der Waals surface area (Å²) in [5, 5.41) is 6.77. The molecule has 2 saturated carbocycles. The highest BCUT2D eigenvalue weighted by molar-refractivity contribution is 6.06. The average molecular weight is 1520 g/mol. The molecule has 17 nitrogen and oxygen atoms in total. The predicted octanol–water partition coefficient (Wildman–Crippen LogP) is 16.0. The minimum absolute atomic E-state index is 0.0168. The van der Waals surface area contributed by atoms with Gasteiger partial charge in [-0.1, -0.05) is 114 Å². The molecule has 11 aliphatic heterocycles. The number of piperidine rings is 6. The molecule has 5 aromatic carbocycles. The molecular weight excluding hydrogens is 1390 g/mol. The first-order valence-corrected chi connectivity index (χ1v) is 43.6. The lowest BCUT2D eigenvalue weighted by molar-refractivity contribution is -0.122. The Labute approximate surface area is 666 Å². The van der Waals surface area contributed by atoms with Gasteiger partial charge in [-0.05, 0) is 302 Å². The fourth-order valence-corrected chi connectivity index (χ4v) is 24.2. The van der Waals surface area contributed by atoms with E-state index in [2.05, 4.69) is 166 Å². The van der Waals surface area contributed by atoms with Crippen molar-refractivity contribution in [2.45, 2.75) is 210 Å². The normalized spacial score (nSPS) is 28.4. The van der Waals surface area contributed by atoms with Gasteiger partial charge in [0.05, 0.1) is 18.6 Å². The van der Waals surface area contributed by atoms with Crippen LogP contribution in [0.4, 0.5) is 32.3 Å². The SMILES string of the molecule is CCOC(=O)N1C2CCC1CC(N1CCC3(CC1)CN(C(C)=O)c1ccc(C)cc13)C2.CCOC(=O)N1CCC(N2CCC3(CC2)CN(C(C)=O)c2ccc(-c4cccc(C)c4)cc23)CC1.Cc1ccc2c(c1)C1(CCN(CC3CC4C=CC3C4)CC1)CN2.O=C1Nc2ccccc2C12CCN(CC1CC3C=CC1C3)CC2. The summed E-state index contributed by atoms with van der Waals surface area (Å²) in [7, 11) is 0. The van der Waals surface area contributed by atoms with Gasteiger partial charge in [-0.3, -0.25) is 14.4 Å². The number of rotatable bonds is 9. The number of hydrogen-bond donors (Lipinski definition) is 2. The summed E-state index contributed by atoms with van der Waals surface area (Å²) in [6.07, 6.45) is 30.4. The van der Waals surface area contributed by atoms with Crippen LogP contribution in [-0.2, 0) is 45.5 Å². The lowest BCUT2D eigenvalue weighted by Gasteiger charge is -2.47. The highest BCUT2D eigenvalue weighted by atomic mass is 16.6. The second kappa shape index (κ2) is 31.8. The number of carbonyl (C=O) groups excluding carboxylic acids is 5. The Morgan fingerprint density at radius 2 is 0.973 bits per heavy atom. The number of carbonyl (C=O) groups is 5. The van der Waals surface area contributed by atoms with Gasteiger partial charge in [-0.15, -0.1) is 0 Å². The van der Waals surface area contributed by atoms with Gasteiger partial charge in [-0.25, -0.2) is 9.59 Å². The maximum atomic E-state index is 12.6. The summed E-state index contributed by atoms with van der Waals surface area (Å²) < 4.78 is 10.5. The van der Waals surface area contributed by atoms with Crippen molar-refractivity contribution in [1.82, 2.24) is 29.4 Å². The number of aryl methyl sites for hydroxylation is 3. The number of para-hydroxylation sites is 1. The van der Waals surface area contributed by atoms with Crippen LogP contribution >= 0.6 is 0 Å². The molecule has 17 heteroatoms. The van der Waals surface area contributed by atoms with Crippen LogP contribution in [0.2, 0.25) is 0 Å². The first kappa shape index (κ1) is 76.8. The van der Waals surface area contributed by atoms with Crippen molar-refractivity contribution in [2.24, 2.45) is 35.5 Å². The number of anilines is 4. The fraction of sp³-hybridized carbons (Fsp3) is 0.589. The number of amides is 5. The van der Waals surface area contributed by atoms with Crippen LogP contribution in [-0.4, -0.2) is 195 Å². The van der Waals surface area contributed by atoms with Crippen LogP contribution in [0.15, 0.2) is 127 Å². The second-order valence-corrected chi connectivity index (χ2v) is 36.9. The molecule has 596 valence electrons. The van der Waals surface area contributed by atoms with E-state index in [1.54, 1.807) is 19.4 Å². The van der Waals surface area contributed by atoms with Gasteiger partial charge < -0.3 is 59.3 Å². The van der Waals surface area contributed by atoms with Gasteiger partial charge in [0.15, 0.2) is 0 Å². The van der Waals surface area contributed by atoms with Gasteiger partial charge in [0.25, 0.3) is 0 Å². The quantitative estimate of drug-likeness (QED) is 0.135. The Kier molecular flexibility index (Phi) is 21.8. The van der Waals surface area contributed by atoms with Crippen molar-refractivity contribution in [3.63, 3.8) is 0 Å². The highest BCUT2D eigenvalue weighted by Gasteiger charge is 2.53. The van der Waals surface area contributed by atoms with Crippen LogP contribution in [0, 0.1) is 56.3 Å². The van der Waals surface area contributed by atoms with E-state index < -0.39 is 0 Å². The zero-order chi connectivity index (χ0) is 77.2. The topological polar surface area (TPSA) is 154 Å². The summed E-state index contributed by atoms with van der Waals surface area (Å²) in [6.45, 7) is 30.2. The van der Waals surface area contributed by atoms with Crippen molar-refractivity contribution in [2.75, 3.05) is 132 Å². The number of nitrogens with one attached hydrogen (secondary N) is 2. The minimum Gasteiger partial charge on any atom is -0.450 e. The van der Waals surface area contributed by atoms with Crippen LogP contribution in [0.5, 0.6) is 0 Å². The van der Waals surface area contributed by atoms with Crippen LogP contribution in [0.25, 0.3) is 11.1 Å². The fourth-order valence-electron chi connectivity index (χ4n) is 24.2. The van der Waals surface area contributed by atoms with Crippen LogP contribution in [0.3, 0.4) is 0 Å². The molecule has 6 bridgehead atoms. The number of hydrogen-bond acceptors (Lipinski definition) is 12. The van der Waals surface area contributed by atoms with Crippen molar-refractivity contribution >= 4 is 52.7 Å². The molecule has 7 saturated heterocycles. The Bertz CT molecular complexity index is 4360. The standard InChI is InChI=1S/C29H37N3O3.C25H35N3O3.C21H28N2.C20H24N2O/c1-4-35-28(34)31-14-10-25(11-15-31)30-16-12-29(13-17-30)20-32(22(3)33)27-9-8-24(19-26(27)29)23-7-5-6-21(2)18-23;1-4-31-24(30)28-19-6-7-20(28)15-21(14-19)26-11-9-25(10-12-26)16-27(18(3)29)23-8-5-17(2)13-22(23)25;1-15-2-5-20-19(10-15)21(14-22-20)6-8-23(9-7-21)13-18-12-16-3-4-17(18)11-16;23-19-20(17-3-1-2-4-18(17)21-19)7-9-22(10-8-20)13-16-12-14-5-6-15(16)11-14/h5-9,18-19,25H,4,10-17,20H2,1-3H3;5,8,13,19-21H,4,6-7,9-12,14-16H2,1-3H3;2-5,10,16-18,22H,6-9,11-14H2,1H3;1-6,14-16H,7-13H2,(H,21,23). The smallest absolute Gasteiger partial charge is 0.410 e. The molecule has 8 atom stereocenters. The molecule has 4 aliphatic carbocycles. The summed E-state index contributed by atoms with van der Waals surface area (Å²) in [5.74, 6) is 5.77. The van der Waals surface area contributed by atoms with E-state index in [0.717, 1.165) is 202 Å². The van der Waals surface area contributed by atoms with Gasteiger partial charge in [0, 0.05) is 123 Å². The number of allylic oxidation sites excluding steroid dienone is 4. The molecule has 0 aromatic heterocycles. The molecule has 15 aliphatic rings. The highest BCUT2D eigenvalue weighted by Crippen LogP contribution is 2.54. The van der Waals surface area contributed by atoms with Gasteiger partial charge in [0.2, 0.25) is 17.7 Å². The molecule has 5 amide bonds. The van der Waals surface area contributed by atoms with E-state index >= 15 is 0 Å². The lowest BCUT2D eigenvalue weighted by atomic mass is 9.73. The third-order valence-electron chi connectivity index (χ3n) is 30.5. The van der Waals surface area contributed by atoms with Crippen molar-refractivity contribution in [3.05, 3.63) is 166 Å². The molecule has 20 rings (SSSR count). The number of likely N-dealkylation sites (tertiary alicyclic amines) is 5. The molecule has 11 heterocycles. The lowest BCUT2D eigenvalue weighted by Crippen LogP contribution is -2.55.